The molecule has 1 aliphatic heterocycles. The number of hydrogen-bond acceptors (Lipinski definition) is 6. The maximum Gasteiger partial charge on any atom is 0.239 e. The van der Waals surface area contributed by atoms with Crippen molar-refractivity contribution in [1.82, 2.24) is 15.0 Å². The second kappa shape index (κ2) is 8.94. The first-order valence-electron chi connectivity index (χ1n) is 8.97. The van der Waals surface area contributed by atoms with Gasteiger partial charge in [0.2, 0.25) is 11.8 Å². The fourth-order valence-electron chi connectivity index (χ4n) is 2.99. The molecule has 28 heavy (non-hydrogen) atoms. The van der Waals surface area contributed by atoms with Gasteiger partial charge in [-0.15, -0.1) is 0 Å². The molecule has 2 aromatic rings. The number of ether oxygens (including phenoxy) is 1. The van der Waals surface area contributed by atoms with Gasteiger partial charge in [-0.05, 0) is 31.7 Å². The summed E-state index contributed by atoms with van der Waals surface area (Å²) in [5.74, 6) is 0.255. The minimum Gasteiger partial charge on any atom is -0.370 e. The lowest BCUT2D eigenvalue weighted by atomic mass is 10.1. The van der Waals surface area contributed by atoms with Crippen molar-refractivity contribution in [3.8, 4) is 0 Å². The Morgan fingerprint density at radius 1 is 1.32 bits per heavy atom. The van der Waals surface area contributed by atoms with E-state index < -0.39 is 0 Å². The van der Waals surface area contributed by atoms with Crippen LogP contribution >= 0.6 is 0 Å². The minimum atomic E-state index is -0.312. The van der Waals surface area contributed by atoms with E-state index in [4.69, 9.17) is 9.26 Å². The van der Waals surface area contributed by atoms with Crippen molar-refractivity contribution in [2.24, 2.45) is 0 Å². The van der Waals surface area contributed by atoms with Gasteiger partial charge in [0.15, 0.2) is 5.82 Å². The van der Waals surface area contributed by atoms with Crippen LogP contribution < -0.4 is 5.32 Å². The predicted octanol–water partition coefficient (Wildman–Crippen LogP) is 1.59. The first-order valence-corrected chi connectivity index (χ1v) is 8.97. The van der Waals surface area contributed by atoms with Gasteiger partial charge in [0.05, 0.1) is 26.2 Å². The van der Waals surface area contributed by atoms with Gasteiger partial charge in [-0.1, -0.05) is 17.3 Å². The standard InChI is InChI=1S/C19H23FN4O4/c1-13-9-17(22-28-13)21-18(25)11-23(2)12-19(26)24-7-8-27-16(10-24)14-3-5-15(20)6-4-14/h3-6,9,16H,7-8,10-12H2,1-2H3,(H,21,22,25). The van der Waals surface area contributed by atoms with Crippen LogP contribution in [-0.4, -0.2) is 66.6 Å². The third-order valence-electron chi connectivity index (χ3n) is 4.38. The Bertz CT molecular complexity index is 824. The van der Waals surface area contributed by atoms with Crippen molar-refractivity contribution >= 4 is 17.6 Å². The Hall–Kier alpha value is -2.78. The summed E-state index contributed by atoms with van der Waals surface area (Å²) in [6.07, 6.45) is -0.290. The topological polar surface area (TPSA) is 87.9 Å². The molecule has 9 heteroatoms. The molecule has 2 amide bonds. The zero-order valence-corrected chi connectivity index (χ0v) is 15.9. The van der Waals surface area contributed by atoms with E-state index in [0.717, 1.165) is 5.56 Å². The summed E-state index contributed by atoms with van der Waals surface area (Å²) >= 11 is 0. The van der Waals surface area contributed by atoms with E-state index in [-0.39, 0.29) is 36.8 Å². The van der Waals surface area contributed by atoms with Gasteiger partial charge < -0.3 is 19.5 Å². The highest BCUT2D eigenvalue weighted by atomic mass is 19.1. The summed E-state index contributed by atoms with van der Waals surface area (Å²) in [5, 5.41) is 6.32. The number of amides is 2. The van der Waals surface area contributed by atoms with Crippen LogP contribution in [0, 0.1) is 12.7 Å². The van der Waals surface area contributed by atoms with E-state index in [0.29, 0.717) is 31.3 Å². The number of aryl methyl sites for hydroxylation is 1. The second-order valence-corrected chi connectivity index (χ2v) is 6.79. The fourth-order valence-corrected chi connectivity index (χ4v) is 2.99. The number of carbonyl (C=O) groups is 2. The van der Waals surface area contributed by atoms with Crippen molar-refractivity contribution in [3.63, 3.8) is 0 Å². The van der Waals surface area contributed by atoms with Crippen molar-refractivity contribution in [2.75, 3.05) is 45.2 Å². The number of halogens is 1. The van der Waals surface area contributed by atoms with E-state index in [9.17, 15) is 14.0 Å². The van der Waals surface area contributed by atoms with Crippen molar-refractivity contribution in [1.29, 1.82) is 0 Å². The van der Waals surface area contributed by atoms with Gasteiger partial charge in [-0.25, -0.2) is 4.39 Å². The molecule has 1 aromatic heterocycles. The number of carbonyl (C=O) groups excluding carboxylic acids is 2. The maximum absolute atomic E-state index is 13.1. The zero-order chi connectivity index (χ0) is 20.1. The van der Waals surface area contributed by atoms with Crippen molar-refractivity contribution in [2.45, 2.75) is 13.0 Å². The molecular formula is C19H23FN4O4. The summed E-state index contributed by atoms with van der Waals surface area (Å²) in [4.78, 5) is 28.0. The first-order chi connectivity index (χ1) is 13.4. The van der Waals surface area contributed by atoms with E-state index in [2.05, 4.69) is 10.5 Å². The molecule has 0 spiro atoms. The van der Waals surface area contributed by atoms with Crippen molar-refractivity contribution in [3.05, 3.63) is 47.5 Å². The average molecular weight is 390 g/mol. The lowest BCUT2D eigenvalue weighted by Crippen LogP contribution is -2.47. The van der Waals surface area contributed by atoms with Crippen LogP contribution in [0.25, 0.3) is 0 Å². The summed E-state index contributed by atoms with van der Waals surface area (Å²) in [6.45, 7) is 3.15. The summed E-state index contributed by atoms with van der Waals surface area (Å²) in [5.41, 5.74) is 0.828. The largest absolute Gasteiger partial charge is 0.370 e. The Kier molecular flexibility index (Phi) is 6.37. The number of benzene rings is 1. The highest BCUT2D eigenvalue weighted by Gasteiger charge is 2.26. The Balaban J connectivity index is 1.49. The van der Waals surface area contributed by atoms with Gasteiger partial charge in [-0.2, -0.15) is 0 Å². The molecule has 1 saturated heterocycles. The number of morpholine rings is 1. The first kappa shape index (κ1) is 20.0. The van der Waals surface area contributed by atoms with Crippen LogP contribution in [0.3, 0.4) is 0 Å². The number of anilines is 1. The van der Waals surface area contributed by atoms with E-state index in [1.54, 1.807) is 42.0 Å². The second-order valence-electron chi connectivity index (χ2n) is 6.79. The molecule has 1 aromatic carbocycles. The van der Waals surface area contributed by atoms with E-state index >= 15 is 0 Å². The number of hydrogen-bond donors (Lipinski definition) is 1. The Labute approximate surface area is 162 Å². The highest BCUT2D eigenvalue weighted by Crippen LogP contribution is 2.22. The van der Waals surface area contributed by atoms with Crippen LogP contribution in [0.4, 0.5) is 10.2 Å². The molecule has 0 saturated carbocycles. The van der Waals surface area contributed by atoms with Crippen LogP contribution in [-0.2, 0) is 14.3 Å². The molecular weight excluding hydrogens is 367 g/mol. The molecule has 2 heterocycles. The molecule has 150 valence electrons. The number of rotatable bonds is 6. The monoisotopic (exact) mass is 390 g/mol. The third kappa shape index (κ3) is 5.37. The molecule has 8 nitrogen and oxygen atoms in total. The quantitative estimate of drug-likeness (QED) is 0.806. The number of nitrogens with one attached hydrogen (secondary N) is 1. The fraction of sp³-hybridized carbons (Fsp3) is 0.421. The van der Waals surface area contributed by atoms with E-state index in [1.165, 1.54) is 12.1 Å². The molecule has 1 atom stereocenters. The van der Waals surface area contributed by atoms with Gasteiger partial charge >= 0.3 is 0 Å². The van der Waals surface area contributed by atoms with Crippen LogP contribution in [0.2, 0.25) is 0 Å². The molecule has 0 radical (unpaired) electrons. The summed E-state index contributed by atoms with van der Waals surface area (Å²) in [6, 6.07) is 7.70. The molecule has 1 aliphatic rings. The smallest absolute Gasteiger partial charge is 0.239 e. The maximum atomic E-state index is 13.1. The molecule has 3 rings (SSSR count). The lowest BCUT2D eigenvalue weighted by molar-refractivity contribution is -0.140. The Morgan fingerprint density at radius 2 is 2.07 bits per heavy atom. The normalized spacial score (nSPS) is 17.0. The number of nitrogens with zero attached hydrogens (tertiary/aromatic N) is 3. The van der Waals surface area contributed by atoms with Crippen LogP contribution in [0.1, 0.15) is 17.4 Å². The van der Waals surface area contributed by atoms with E-state index in [1.807, 2.05) is 0 Å². The van der Waals surface area contributed by atoms with Gasteiger partial charge in [-0.3, -0.25) is 14.5 Å². The third-order valence-corrected chi connectivity index (χ3v) is 4.38. The van der Waals surface area contributed by atoms with Crippen LogP contribution in [0.15, 0.2) is 34.9 Å². The van der Waals surface area contributed by atoms with Gasteiger partial charge in [0.1, 0.15) is 17.7 Å². The summed E-state index contributed by atoms with van der Waals surface area (Å²) < 4.78 is 23.7. The van der Waals surface area contributed by atoms with Gasteiger partial charge in [0, 0.05) is 12.6 Å². The molecule has 1 unspecified atom stereocenters. The zero-order valence-electron chi connectivity index (χ0n) is 15.9. The van der Waals surface area contributed by atoms with Crippen LogP contribution in [0.5, 0.6) is 0 Å². The Morgan fingerprint density at radius 3 is 2.75 bits per heavy atom. The lowest BCUT2D eigenvalue weighted by Gasteiger charge is -2.34. The average Bonchev–Trinajstić information content (AvgIpc) is 3.06. The SMILES string of the molecule is Cc1cc(NC(=O)CN(C)CC(=O)N2CCOC(c3ccc(F)cc3)C2)no1. The summed E-state index contributed by atoms with van der Waals surface area (Å²) in [7, 11) is 1.70. The van der Waals surface area contributed by atoms with Crippen molar-refractivity contribution < 1.29 is 23.2 Å². The molecule has 1 N–H and O–H groups in total. The number of likely N-dealkylation sites (N-methyl/N-ethyl adjacent to an activating group) is 1. The highest BCUT2D eigenvalue weighted by molar-refractivity contribution is 5.91. The van der Waals surface area contributed by atoms with Gasteiger partial charge in [0.25, 0.3) is 0 Å². The molecule has 1 fully saturated rings. The molecule has 0 aliphatic carbocycles. The minimum absolute atomic E-state index is 0.0450. The predicted molar refractivity (Wildman–Crippen MR) is 99.0 cm³/mol. The molecule has 0 bridgehead atoms. The number of aromatic nitrogens is 1.